The van der Waals surface area contributed by atoms with E-state index in [2.05, 4.69) is 27.7 Å². The first-order valence-electron chi connectivity index (χ1n) is 24.4. The summed E-state index contributed by atoms with van der Waals surface area (Å²) in [6, 6.07) is 0. The Morgan fingerprint density at radius 3 is 0.891 bits per heavy atom. The van der Waals surface area contributed by atoms with Crippen molar-refractivity contribution in [1.82, 2.24) is 0 Å². The van der Waals surface area contributed by atoms with Crippen LogP contribution in [-0.2, 0) is 28.6 Å². The van der Waals surface area contributed by atoms with Crippen LogP contribution in [0.2, 0.25) is 0 Å². The largest absolute Gasteiger partial charge is 0.462 e. The molecule has 0 amide bonds. The SMILES string of the molecule is CCCCCCCCCCCCCCCCCCC(=O)OC[C@H](COC(=O)CCCCCCCCCC(C)C)OC(=O)CCCCCCCCCCCCC. The lowest BCUT2D eigenvalue weighted by Crippen LogP contribution is -2.30. The molecule has 326 valence electrons. The summed E-state index contributed by atoms with van der Waals surface area (Å²) in [5.41, 5.74) is 0. The highest BCUT2D eigenvalue weighted by Crippen LogP contribution is 2.16. The maximum Gasteiger partial charge on any atom is 0.306 e. The molecule has 55 heavy (non-hydrogen) atoms. The van der Waals surface area contributed by atoms with Gasteiger partial charge in [-0.25, -0.2) is 0 Å². The van der Waals surface area contributed by atoms with Crippen molar-refractivity contribution in [3.05, 3.63) is 0 Å². The third-order valence-electron chi connectivity index (χ3n) is 11.0. The van der Waals surface area contributed by atoms with Crippen molar-refractivity contribution in [3.63, 3.8) is 0 Å². The number of ether oxygens (including phenoxy) is 3. The van der Waals surface area contributed by atoms with Gasteiger partial charge < -0.3 is 14.2 Å². The van der Waals surface area contributed by atoms with E-state index in [1.54, 1.807) is 0 Å². The summed E-state index contributed by atoms with van der Waals surface area (Å²) in [6.07, 6.45) is 43.8. The van der Waals surface area contributed by atoms with Gasteiger partial charge >= 0.3 is 17.9 Å². The number of rotatable bonds is 44. The van der Waals surface area contributed by atoms with E-state index in [9.17, 15) is 14.4 Å². The molecule has 0 saturated carbocycles. The molecule has 0 aliphatic rings. The number of hydrogen-bond acceptors (Lipinski definition) is 6. The van der Waals surface area contributed by atoms with Crippen LogP contribution < -0.4 is 0 Å². The van der Waals surface area contributed by atoms with Crippen molar-refractivity contribution in [2.24, 2.45) is 5.92 Å². The van der Waals surface area contributed by atoms with Gasteiger partial charge in [0, 0.05) is 19.3 Å². The van der Waals surface area contributed by atoms with Crippen LogP contribution >= 0.6 is 0 Å². The summed E-state index contributed by atoms with van der Waals surface area (Å²) in [7, 11) is 0. The molecule has 0 unspecified atom stereocenters. The van der Waals surface area contributed by atoms with Gasteiger partial charge in [-0.1, -0.05) is 233 Å². The molecule has 0 fully saturated rings. The van der Waals surface area contributed by atoms with Crippen molar-refractivity contribution in [2.75, 3.05) is 13.2 Å². The van der Waals surface area contributed by atoms with Crippen molar-refractivity contribution < 1.29 is 28.6 Å². The lowest BCUT2D eigenvalue weighted by atomic mass is 10.0. The fraction of sp³-hybridized carbons (Fsp3) is 0.939. The predicted octanol–water partition coefficient (Wildman–Crippen LogP) is 15.5. The van der Waals surface area contributed by atoms with Gasteiger partial charge in [-0.15, -0.1) is 0 Å². The van der Waals surface area contributed by atoms with Gasteiger partial charge in [0.1, 0.15) is 13.2 Å². The van der Waals surface area contributed by atoms with Crippen LogP contribution in [0.5, 0.6) is 0 Å². The predicted molar refractivity (Wildman–Crippen MR) is 233 cm³/mol. The second-order valence-corrected chi connectivity index (χ2v) is 17.2. The van der Waals surface area contributed by atoms with Crippen LogP contribution in [-0.4, -0.2) is 37.2 Å². The summed E-state index contributed by atoms with van der Waals surface area (Å²) in [6.45, 7) is 8.96. The molecular formula is C49H94O6. The van der Waals surface area contributed by atoms with Gasteiger partial charge in [0.25, 0.3) is 0 Å². The maximum absolute atomic E-state index is 12.7. The van der Waals surface area contributed by atoms with E-state index >= 15 is 0 Å². The Labute approximate surface area is 342 Å². The summed E-state index contributed by atoms with van der Waals surface area (Å²) in [5, 5.41) is 0. The quantitative estimate of drug-likeness (QED) is 0.0348. The van der Waals surface area contributed by atoms with E-state index in [-0.39, 0.29) is 31.1 Å². The molecule has 0 heterocycles. The monoisotopic (exact) mass is 779 g/mol. The normalized spacial score (nSPS) is 11.9. The highest BCUT2D eigenvalue weighted by Gasteiger charge is 2.19. The van der Waals surface area contributed by atoms with Gasteiger partial charge in [0.05, 0.1) is 0 Å². The molecule has 0 aromatic carbocycles. The molecule has 0 aliphatic carbocycles. The molecule has 0 aliphatic heterocycles. The van der Waals surface area contributed by atoms with E-state index in [0.717, 1.165) is 63.7 Å². The lowest BCUT2D eigenvalue weighted by molar-refractivity contribution is -0.167. The minimum Gasteiger partial charge on any atom is -0.462 e. The minimum atomic E-state index is -0.759. The fourth-order valence-corrected chi connectivity index (χ4v) is 7.33. The molecule has 0 aromatic heterocycles. The Morgan fingerprint density at radius 1 is 0.345 bits per heavy atom. The van der Waals surface area contributed by atoms with Gasteiger partial charge in [0.2, 0.25) is 0 Å². The maximum atomic E-state index is 12.7. The Bertz CT molecular complexity index is 826. The average Bonchev–Trinajstić information content (AvgIpc) is 3.17. The van der Waals surface area contributed by atoms with Gasteiger partial charge in [0.15, 0.2) is 6.10 Å². The minimum absolute atomic E-state index is 0.0637. The third kappa shape index (κ3) is 43.4. The van der Waals surface area contributed by atoms with Crippen molar-refractivity contribution in [1.29, 1.82) is 0 Å². The van der Waals surface area contributed by atoms with E-state index < -0.39 is 6.10 Å². The molecule has 0 spiro atoms. The number of esters is 3. The smallest absolute Gasteiger partial charge is 0.306 e. The Kier molecular flexibility index (Phi) is 42.3. The molecule has 0 aromatic rings. The second-order valence-electron chi connectivity index (χ2n) is 17.2. The summed E-state index contributed by atoms with van der Waals surface area (Å²) in [4.78, 5) is 37.8. The summed E-state index contributed by atoms with van der Waals surface area (Å²) >= 11 is 0. The highest BCUT2D eigenvalue weighted by atomic mass is 16.6. The zero-order valence-electron chi connectivity index (χ0n) is 37.4. The number of carbonyl (C=O) groups is 3. The van der Waals surface area contributed by atoms with Crippen molar-refractivity contribution >= 4 is 17.9 Å². The van der Waals surface area contributed by atoms with E-state index in [4.69, 9.17) is 14.2 Å². The standard InChI is InChI=1S/C49H94O6/c1-5-7-9-11-13-15-17-18-19-20-21-23-24-28-32-36-40-47(50)53-43-46(44-54-48(51)41-37-33-30-26-27-31-35-39-45(3)4)55-49(52)42-38-34-29-25-22-16-14-12-10-8-6-2/h45-46H,5-44H2,1-4H3/t46-/m1/s1. The van der Waals surface area contributed by atoms with Gasteiger partial charge in [-0.2, -0.15) is 0 Å². The van der Waals surface area contributed by atoms with Crippen LogP contribution in [0.1, 0.15) is 272 Å². The van der Waals surface area contributed by atoms with E-state index in [1.807, 2.05) is 0 Å². The molecule has 0 rings (SSSR count). The number of hydrogen-bond donors (Lipinski definition) is 0. The molecule has 0 N–H and O–H groups in total. The summed E-state index contributed by atoms with van der Waals surface area (Å²) in [5.74, 6) is -0.0709. The van der Waals surface area contributed by atoms with E-state index in [1.165, 1.54) is 167 Å². The Morgan fingerprint density at radius 2 is 0.600 bits per heavy atom. The number of carbonyl (C=O) groups excluding carboxylic acids is 3. The summed E-state index contributed by atoms with van der Waals surface area (Å²) < 4.78 is 16.7. The van der Waals surface area contributed by atoms with E-state index in [0.29, 0.717) is 19.3 Å². The van der Waals surface area contributed by atoms with Crippen LogP contribution in [0.25, 0.3) is 0 Å². The second kappa shape index (κ2) is 43.5. The molecule has 0 bridgehead atoms. The first-order chi connectivity index (χ1) is 26.9. The molecule has 0 radical (unpaired) electrons. The van der Waals surface area contributed by atoms with Crippen molar-refractivity contribution in [3.8, 4) is 0 Å². The zero-order valence-corrected chi connectivity index (χ0v) is 37.4. The fourth-order valence-electron chi connectivity index (χ4n) is 7.33. The van der Waals surface area contributed by atoms with Crippen molar-refractivity contribution in [2.45, 2.75) is 278 Å². The highest BCUT2D eigenvalue weighted by molar-refractivity contribution is 5.71. The third-order valence-corrected chi connectivity index (χ3v) is 11.0. The molecule has 1 atom stereocenters. The lowest BCUT2D eigenvalue weighted by Gasteiger charge is -2.18. The molecular weight excluding hydrogens is 685 g/mol. The number of unbranched alkanes of at least 4 members (excludes halogenated alkanes) is 31. The molecule has 6 heteroatoms. The molecule has 0 saturated heterocycles. The first-order valence-corrected chi connectivity index (χ1v) is 24.4. The zero-order chi connectivity index (χ0) is 40.3. The van der Waals surface area contributed by atoms with Gasteiger partial charge in [-0.3, -0.25) is 14.4 Å². The molecule has 6 nitrogen and oxygen atoms in total. The Balaban J connectivity index is 4.27. The average molecular weight is 779 g/mol. The van der Waals surface area contributed by atoms with Crippen LogP contribution in [0.3, 0.4) is 0 Å². The topological polar surface area (TPSA) is 78.9 Å². The van der Waals surface area contributed by atoms with Crippen LogP contribution in [0, 0.1) is 5.92 Å². The van der Waals surface area contributed by atoms with Gasteiger partial charge in [-0.05, 0) is 25.2 Å². The Hall–Kier alpha value is -1.59. The first kappa shape index (κ1) is 53.4. The van der Waals surface area contributed by atoms with Crippen LogP contribution in [0.4, 0.5) is 0 Å². The van der Waals surface area contributed by atoms with Crippen LogP contribution in [0.15, 0.2) is 0 Å².